The van der Waals surface area contributed by atoms with E-state index in [0.717, 1.165) is 11.4 Å². The summed E-state index contributed by atoms with van der Waals surface area (Å²) in [5.41, 5.74) is 4.24. The Kier molecular flexibility index (Phi) is 4.73. The summed E-state index contributed by atoms with van der Waals surface area (Å²) in [5, 5.41) is 6.83. The molecule has 6 rings (SSSR count). The highest BCUT2D eigenvalue weighted by molar-refractivity contribution is 6.08. The molecule has 1 aliphatic rings. The zero-order chi connectivity index (χ0) is 19.6. The fourth-order valence-electron chi connectivity index (χ4n) is 4.66. The van der Waals surface area contributed by atoms with Crippen molar-refractivity contribution in [3.05, 3.63) is 102 Å². The highest BCUT2D eigenvalue weighted by Crippen LogP contribution is 2.37. The molecule has 29 heavy (non-hydrogen) atoms. The fraction of sp³-hybridized carbons (Fsp3) is 0.179. The summed E-state index contributed by atoms with van der Waals surface area (Å²) in [6.07, 6.45) is 5.73. The Morgan fingerprint density at radius 3 is 2.34 bits per heavy atom. The molecule has 0 amide bonds. The number of aryl methyl sites for hydroxylation is 1. The summed E-state index contributed by atoms with van der Waals surface area (Å²) in [7, 11) is 0. The van der Waals surface area contributed by atoms with E-state index in [9.17, 15) is 0 Å². The van der Waals surface area contributed by atoms with Crippen LogP contribution in [0.1, 0.15) is 36.8 Å². The molecule has 1 heterocycles. The third kappa shape index (κ3) is 3.38. The van der Waals surface area contributed by atoms with Crippen LogP contribution in [-0.4, -0.2) is 4.98 Å². The largest absolute Gasteiger partial charge is 0.256 e. The highest BCUT2D eigenvalue weighted by Gasteiger charge is 2.18. The Morgan fingerprint density at radius 2 is 1.45 bits per heavy atom. The first-order valence-corrected chi connectivity index (χ1v) is 10.5. The minimum atomic E-state index is 0.722. The van der Waals surface area contributed by atoms with Crippen molar-refractivity contribution in [1.29, 1.82) is 0 Å². The van der Waals surface area contributed by atoms with Gasteiger partial charge in [-0.15, -0.1) is 0 Å². The van der Waals surface area contributed by atoms with E-state index in [0.29, 0.717) is 0 Å². The molecular formula is C28H25N. The number of benzene rings is 4. The van der Waals surface area contributed by atoms with E-state index >= 15 is 0 Å². The fourth-order valence-corrected chi connectivity index (χ4v) is 4.66. The zero-order valence-electron chi connectivity index (χ0n) is 16.8. The lowest BCUT2D eigenvalue weighted by atomic mass is 9.81. The smallest absolute Gasteiger partial charge is 0.0701 e. The number of hydrogen-bond acceptors (Lipinski definition) is 1. The summed E-state index contributed by atoms with van der Waals surface area (Å²) >= 11 is 0. The second kappa shape index (κ2) is 7.67. The molecule has 1 unspecified atom stereocenters. The molecule has 1 heteroatoms. The van der Waals surface area contributed by atoms with Crippen molar-refractivity contribution in [3.63, 3.8) is 0 Å². The molecule has 1 aromatic heterocycles. The van der Waals surface area contributed by atoms with Crippen LogP contribution < -0.4 is 0 Å². The van der Waals surface area contributed by atoms with Crippen molar-refractivity contribution in [1.82, 2.24) is 4.98 Å². The van der Waals surface area contributed by atoms with Crippen molar-refractivity contribution >= 4 is 32.4 Å². The minimum absolute atomic E-state index is 0.722. The van der Waals surface area contributed by atoms with Gasteiger partial charge in [0.25, 0.3) is 0 Å². The summed E-state index contributed by atoms with van der Waals surface area (Å²) in [5.74, 6) is 0.722. The zero-order valence-corrected chi connectivity index (χ0v) is 16.8. The maximum atomic E-state index is 4.18. The lowest BCUT2D eigenvalue weighted by Gasteiger charge is -2.24. The Bertz CT molecular complexity index is 1240. The molecule has 142 valence electrons. The van der Waals surface area contributed by atoms with Gasteiger partial charge >= 0.3 is 0 Å². The average Bonchev–Trinajstić information content (AvgIpc) is 2.79. The molecule has 0 saturated carbocycles. The predicted molar refractivity (Wildman–Crippen MR) is 125 cm³/mol. The number of hydrogen-bond donors (Lipinski definition) is 0. The Labute approximate surface area is 172 Å². The van der Waals surface area contributed by atoms with Gasteiger partial charge in [-0.3, -0.25) is 4.98 Å². The monoisotopic (exact) mass is 375 g/mol. The molecule has 0 spiro atoms. The van der Waals surface area contributed by atoms with Crippen LogP contribution in [0.25, 0.3) is 32.4 Å². The van der Waals surface area contributed by atoms with Gasteiger partial charge in [0.2, 0.25) is 0 Å². The van der Waals surface area contributed by atoms with Gasteiger partial charge in [0, 0.05) is 11.6 Å². The highest BCUT2D eigenvalue weighted by atomic mass is 14.6. The van der Waals surface area contributed by atoms with Gasteiger partial charge in [-0.25, -0.2) is 0 Å². The number of fused-ring (bicyclic) bond motifs is 6. The molecule has 0 radical (unpaired) electrons. The Hall–Kier alpha value is -3.19. The first kappa shape index (κ1) is 17.9. The van der Waals surface area contributed by atoms with Gasteiger partial charge in [0.05, 0.1) is 5.52 Å². The van der Waals surface area contributed by atoms with Crippen molar-refractivity contribution in [2.45, 2.75) is 32.1 Å². The Balaban J connectivity index is 0.000000153. The maximum Gasteiger partial charge on any atom is 0.0701 e. The summed E-state index contributed by atoms with van der Waals surface area (Å²) in [6.45, 7) is 2.37. The van der Waals surface area contributed by atoms with E-state index < -0.39 is 0 Å². The molecule has 0 fully saturated rings. The molecule has 1 aliphatic carbocycles. The maximum absolute atomic E-state index is 4.18. The first-order valence-electron chi connectivity index (χ1n) is 10.5. The summed E-state index contributed by atoms with van der Waals surface area (Å²) in [6, 6.07) is 30.1. The van der Waals surface area contributed by atoms with E-state index in [1.54, 1.807) is 11.1 Å². The van der Waals surface area contributed by atoms with Gasteiger partial charge in [-0.1, -0.05) is 79.7 Å². The van der Waals surface area contributed by atoms with E-state index in [4.69, 9.17) is 0 Å². The van der Waals surface area contributed by atoms with Crippen LogP contribution in [0.5, 0.6) is 0 Å². The molecular weight excluding hydrogens is 350 g/mol. The van der Waals surface area contributed by atoms with Crippen LogP contribution in [0.4, 0.5) is 0 Å². The lowest BCUT2D eigenvalue weighted by molar-refractivity contribution is 0.593. The number of aromatic nitrogens is 1. The average molecular weight is 376 g/mol. The second-order valence-electron chi connectivity index (χ2n) is 8.00. The van der Waals surface area contributed by atoms with Gasteiger partial charge in [0.15, 0.2) is 0 Å². The summed E-state index contributed by atoms with van der Waals surface area (Å²) < 4.78 is 0. The lowest BCUT2D eigenvalue weighted by Crippen LogP contribution is -2.07. The first-order chi connectivity index (χ1) is 14.3. The van der Waals surface area contributed by atoms with Crippen LogP contribution in [0.2, 0.25) is 0 Å². The van der Waals surface area contributed by atoms with E-state index in [2.05, 4.69) is 72.6 Å². The standard InChI is InChI=1S/C19H18.C9H7N/c1-13-5-4-8-17-15(13)11-12-18-16-7-3-2-6-14(16)9-10-19(17)18;1-2-6-9-8(4-1)5-3-7-10-9/h2-3,6-7,9-13H,4-5,8H2,1H3;1-7H. The minimum Gasteiger partial charge on any atom is -0.256 e. The number of rotatable bonds is 0. The Morgan fingerprint density at radius 1 is 0.690 bits per heavy atom. The van der Waals surface area contributed by atoms with E-state index in [1.807, 2.05) is 30.5 Å². The third-order valence-electron chi connectivity index (χ3n) is 6.18. The van der Waals surface area contributed by atoms with Crippen molar-refractivity contribution in [2.24, 2.45) is 0 Å². The normalized spacial score (nSPS) is 15.7. The van der Waals surface area contributed by atoms with Crippen molar-refractivity contribution in [2.75, 3.05) is 0 Å². The van der Waals surface area contributed by atoms with Crippen LogP contribution >= 0.6 is 0 Å². The topological polar surface area (TPSA) is 12.9 Å². The van der Waals surface area contributed by atoms with Crippen LogP contribution in [0.3, 0.4) is 0 Å². The predicted octanol–water partition coefficient (Wildman–Crippen LogP) is 7.67. The molecule has 0 saturated heterocycles. The number of nitrogens with zero attached hydrogens (tertiary/aromatic N) is 1. The van der Waals surface area contributed by atoms with Crippen LogP contribution in [0, 0.1) is 0 Å². The van der Waals surface area contributed by atoms with Gasteiger partial charge < -0.3 is 0 Å². The molecule has 0 N–H and O–H groups in total. The summed E-state index contributed by atoms with van der Waals surface area (Å²) in [4.78, 5) is 4.18. The molecule has 4 aromatic carbocycles. The van der Waals surface area contributed by atoms with Crippen LogP contribution in [-0.2, 0) is 6.42 Å². The molecule has 1 nitrogen and oxygen atoms in total. The quantitative estimate of drug-likeness (QED) is 0.253. The van der Waals surface area contributed by atoms with E-state index in [1.165, 1.54) is 46.2 Å². The van der Waals surface area contributed by atoms with Crippen LogP contribution in [0.15, 0.2) is 91.1 Å². The molecule has 5 aromatic rings. The third-order valence-corrected chi connectivity index (χ3v) is 6.18. The number of pyridine rings is 1. The SMILES string of the molecule is CC1CCCc2c1ccc1c2ccc2ccccc21.c1ccc2ncccc2c1. The van der Waals surface area contributed by atoms with E-state index in [-0.39, 0.29) is 0 Å². The van der Waals surface area contributed by atoms with Crippen molar-refractivity contribution in [3.8, 4) is 0 Å². The van der Waals surface area contributed by atoms with Gasteiger partial charge in [-0.05, 0) is 70.0 Å². The van der Waals surface area contributed by atoms with Gasteiger partial charge in [-0.2, -0.15) is 0 Å². The second-order valence-corrected chi connectivity index (χ2v) is 8.00. The molecule has 1 atom stereocenters. The number of para-hydroxylation sites is 1. The van der Waals surface area contributed by atoms with Gasteiger partial charge in [0.1, 0.15) is 0 Å². The molecule has 0 aliphatic heterocycles. The molecule has 0 bridgehead atoms. The van der Waals surface area contributed by atoms with Crippen molar-refractivity contribution < 1.29 is 0 Å².